The first-order chi connectivity index (χ1) is 6.60. The van der Waals surface area contributed by atoms with Crippen LogP contribution in [0.1, 0.15) is 18.4 Å². The van der Waals surface area contributed by atoms with E-state index >= 15 is 0 Å². The largest absolute Gasteiger partial charge is 0.302 e. The molecular formula is C10H7F3O. The van der Waals surface area contributed by atoms with Gasteiger partial charge in [-0.25, -0.2) is 13.2 Å². The maximum atomic E-state index is 13.2. The third-order valence-electron chi connectivity index (χ3n) is 2.56. The van der Waals surface area contributed by atoms with E-state index in [4.69, 9.17) is 0 Å². The zero-order valence-corrected chi connectivity index (χ0v) is 7.19. The Morgan fingerprint density at radius 2 is 1.71 bits per heavy atom. The molecule has 0 atom stereocenters. The van der Waals surface area contributed by atoms with Crippen molar-refractivity contribution in [1.82, 2.24) is 0 Å². The Labute approximate surface area is 78.5 Å². The number of carbonyl (C=O) groups excluding carboxylic acids is 1. The molecule has 14 heavy (non-hydrogen) atoms. The summed E-state index contributed by atoms with van der Waals surface area (Å²) in [6.07, 6.45) is 1.26. The van der Waals surface area contributed by atoms with Crippen LogP contribution in [0.25, 0.3) is 0 Å². The van der Waals surface area contributed by atoms with Crippen molar-refractivity contribution >= 4 is 6.29 Å². The topological polar surface area (TPSA) is 17.1 Å². The van der Waals surface area contributed by atoms with E-state index in [1.807, 2.05) is 0 Å². The Bertz CT molecular complexity index is 397. The van der Waals surface area contributed by atoms with E-state index in [1.54, 1.807) is 0 Å². The highest BCUT2D eigenvalue weighted by atomic mass is 19.2. The molecule has 1 aromatic rings. The Balaban J connectivity index is 2.62. The number of halogens is 3. The first kappa shape index (κ1) is 9.24. The van der Waals surface area contributed by atoms with Crippen molar-refractivity contribution in [3.05, 3.63) is 35.1 Å². The summed E-state index contributed by atoms with van der Waals surface area (Å²) in [4.78, 5) is 10.6. The van der Waals surface area contributed by atoms with Crippen LogP contribution in [0, 0.1) is 17.5 Å². The normalized spacial score (nSPS) is 17.9. The molecule has 0 aliphatic heterocycles. The van der Waals surface area contributed by atoms with Crippen molar-refractivity contribution in [2.75, 3.05) is 0 Å². The molecular weight excluding hydrogens is 193 g/mol. The van der Waals surface area contributed by atoms with E-state index in [2.05, 4.69) is 0 Å². The highest BCUT2D eigenvalue weighted by Crippen LogP contribution is 2.48. The molecule has 1 aliphatic rings. The molecule has 1 aliphatic carbocycles. The summed E-state index contributed by atoms with van der Waals surface area (Å²) in [7, 11) is 0. The molecule has 0 bridgehead atoms. The van der Waals surface area contributed by atoms with Crippen LogP contribution in [-0.2, 0) is 10.2 Å². The van der Waals surface area contributed by atoms with E-state index in [9.17, 15) is 18.0 Å². The minimum atomic E-state index is -1.24. The van der Waals surface area contributed by atoms with Crippen molar-refractivity contribution in [3.8, 4) is 0 Å². The van der Waals surface area contributed by atoms with Gasteiger partial charge in [-0.1, -0.05) is 0 Å². The molecule has 1 saturated carbocycles. The monoisotopic (exact) mass is 200 g/mol. The summed E-state index contributed by atoms with van der Waals surface area (Å²) in [5, 5.41) is 0. The lowest BCUT2D eigenvalue weighted by Crippen LogP contribution is -2.14. The van der Waals surface area contributed by atoms with Crippen LogP contribution >= 0.6 is 0 Å². The molecule has 0 unspecified atom stereocenters. The van der Waals surface area contributed by atoms with Gasteiger partial charge in [0.1, 0.15) is 12.1 Å². The molecule has 0 heterocycles. The van der Waals surface area contributed by atoms with Crippen molar-refractivity contribution in [1.29, 1.82) is 0 Å². The maximum Gasteiger partial charge on any atom is 0.165 e. The van der Waals surface area contributed by atoms with Crippen LogP contribution in [0.2, 0.25) is 0 Å². The Kier molecular flexibility index (Phi) is 1.87. The first-order valence-electron chi connectivity index (χ1n) is 4.21. The van der Waals surface area contributed by atoms with Crippen LogP contribution in [0.5, 0.6) is 0 Å². The second kappa shape index (κ2) is 2.83. The summed E-state index contributed by atoms with van der Waals surface area (Å²) in [5.41, 5.74) is -1.54. The molecule has 0 amide bonds. The van der Waals surface area contributed by atoms with Crippen molar-refractivity contribution in [2.24, 2.45) is 0 Å². The minimum absolute atomic E-state index is 0.383. The van der Waals surface area contributed by atoms with Crippen LogP contribution in [0.3, 0.4) is 0 Å². The predicted molar refractivity (Wildman–Crippen MR) is 43.3 cm³/mol. The van der Waals surface area contributed by atoms with Gasteiger partial charge in [-0.05, 0) is 25.0 Å². The van der Waals surface area contributed by atoms with Gasteiger partial charge in [-0.15, -0.1) is 0 Å². The lowest BCUT2D eigenvalue weighted by atomic mass is 9.96. The molecule has 4 heteroatoms. The smallest absolute Gasteiger partial charge is 0.165 e. The van der Waals surface area contributed by atoms with Gasteiger partial charge >= 0.3 is 0 Å². The number of aldehydes is 1. The molecule has 0 aromatic heterocycles. The Morgan fingerprint density at radius 1 is 1.14 bits per heavy atom. The number of hydrogen-bond donors (Lipinski definition) is 0. The van der Waals surface area contributed by atoms with Crippen molar-refractivity contribution < 1.29 is 18.0 Å². The quantitative estimate of drug-likeness (QED) is 0.529. The standard InChI is InChI=1S/C10H7F3O/c11-6-1-2-7(12)9(13)8(6)10(5-14)3-4-10/h1-2,5H,3-4H2. The van der Waals surface area contributed by atoms with Gasteiger partial charge in [0.05, 0.1) is 5.41 Å². The Hall–Kier alpha value is -1.32. The highest BCUT2D eigenvalue weighted by molar-refractivity contribution is 5.73. The van der Waals surface area contributed by atoms with E-state index < -0.39 is 28.4 Å². The summed E-state index contributed by atoms with van der Waals surface area (Å²) in [6, 6.07) is 1.56. The summed E-state index contributed by atoms with van der Waals surface area (Å²) >= 11 is 0. The predicted octanol–water partition coefficient (Wildman–Crippen LogP) is 2.33. The fraction of sp³-hybridized carbons (Fsp3) is 0.300. The zero-order chi connectivity index (χ0) is 10.3. The summed E-state index contributed by atoms with van der Waals surface area (Å²) < 4.78 is 39.2. The number of carbonyl (C=O) groups is 1. The lowest BCUT2D eigenvalue weighted by Gasteiger charge is -2.10. The van der Waals surface area contributed by atoms with Crippen molar-refractivity contribution in [3.63, 3.8) is 0 Å². The second-order valence-corrected chi connectivity index (χ2v) is 3.49. The number of hydrogen-bond acceptors (Lipinski definition) is 1. The van der Waals surface area contributed by atoms with Crippen LogP contribution in [-0.4, -0.2) is 6.29 Å². The van der Waals surface area contributed by atoms with Crippen LogP contribution in [0.4, 0.5) is 13.2 Å². The Morgan fingerprint density at radius 3 is 2.21 bits per heavy atom. The molecule has 74 valence electrons. The van der Waals surface area contributed by atoms with Crippen molar-refractivity contribution in [2.45, 2.75) is 18.3 Å². The van der Waals surface area contributed by atoms with E-state index in [-0.39, 0.29) is 0 Å². The molecule has 1 aromatic carbocycles. The zero-order valence-electron chi connectivity index (χ0n) is 7.19. The van der Waals surface area contributed by atoms with Gasteiger partial charge in [0.2, 0.25) is 0 Å². The fourth-order valence-corrected chi connectivity index (χ4v) is 1.54. The van der Waals surface area contributed by atoms with E-state index in [1.165, 1.54) is 0 Å². The van der Waals surface area contributed by atoms with Gasteiger partial charge in [-0.3, -0.25) is 0 Å². The third kappa shape index (κ3) is 1.14. The molecule has 0 radical (unpaired) electrons. The summed E-state index contributed by atoms with van der Waals surface area (Å²) in [5.74, 6) is -3.21. The average Bonchev–Trinajstić information content (AvgIpc) is 2.93. The van der Waals surface area contributed by atoms with E-state index in [0.29, 0.717) is 19.1 Å². The third-order valence-corrected chi connectivity index (χ3v) is 2.56. The number of benzene rings is 1. The van der Waals surface area contributed by atoms with Gasteiger partial charge < -0.3 is 4.79 Å². The van der Waals surface area contributed by atoms with Gasteiger partial charge in [0.25, 0.3) is 0 Å². The fourth-order valence-electron chi connectivity index (χ4n) is 1.54. The van der Waals surface area contributed by atoms with Gasteiger partial charge in [0, 0.05) is 5.56 Å². The molecule has 1 nitrogen and oxygen atoms in total. The van der Waals surface area contributed by atoms with Gasteiger partial charge in [-0.2, -0.15) is 0 Å². The number of rotatable bonds is 2. The molecule has 2 rings (SSSR count). The first-order valence-corrected chi connectivity index (χ1v) is 4.21. The highest BCUT2D eigenvalue weighted by Gasteiger charge is 2.48. The summed E-state index contributed by atoms with van der Waals surface area (Å²) in [6.45, 7) is 0. The molecule has 1 fully saturated rings. The average molecular weight is 200 g/mol. The SMILES string of the molecule is O=CC1(c2c(F)ccc(F)c2F)CC1. The molecule has 0 N–H and O–H groups in total. The molecule has 0 saturated heterocycles. The van der Waals surface area contributed by atoms with Crippen LogP contribution in [0.15, 0.2) is 12.1 Å². The maximum absolute atomic E-state index is 13.2. The van der Waals surface area contributed by atoms with Crippen LogP contribution < -0.4 is 0 Å². The minimum Gasteiger partial charge on any atom is -0.302 e. The molecule has 0 spiro atoms. The second-order valence-electron chi connectivity index (χ2n) is 3.49. The van der Waals surface area contributed by atoms with E-state index in [0.717, 1.165) is 12.1 Å². The lowest BCUT2D eigenvalue weighted by molar-refractivity contribution is -0.110. The van der Waals surface area contributed by atoms with Gasteiger partial charge in [0.15, 0.2) is 11.6 Å².